The molecule has 0 aliphatic heterocycles. The van der Waals surface area contributed by atoms with Gasteiger partial charge in [0.2, 0.25) is 5.91 Å². The van der Waals surface area contributed by atoms with Gasteiger partial charge in [0.15, 0.2) is 0 Å². The molecule has 0 aromatic heterocycles. The Kier molecular flexibility index (Phi) is 6.07. The van der Waals surface area contributed by atoms with Crippen LogP contribution in [-0.2, 0) is 16.1 Å². The second-order valence-corrected chi connectivity index (χ2v) is 4.17. The maximum Gasteiger partial charge on any atom is 0.233 e. The standard InChI is InChI=1S/C11H15BrN2O2/c12-10-5-2-1-4-9(10)8-16-7-3-6-11(15)14-13/h1-2,4-5H,3,6-8,13H2,(H,14,15). The first kappa shape index (κ1) is 13.2. The molecule has 0 heterocycles. The van der Waals surface area contributed by atoms with Gasteiger partial charge in [0.05, 0.1) is 6.61 Å². The zero-order chi connectivity index (χ0) is 11.8. The largest absolute Gasteiger partial charge is 0.377 e. The number of nitrogens with two attached hydrogens (primary N) is 1. The second-order valence-electron chi connectivity index (χ2n) is 3.32. The van der Waals surface area contributed by atoms with Gasteiger partial charge in [0.1, 0.15) is 0 Å². The lowest BCUT2D eigenvalue weighted by atomic mass is 10.2. The van der Waals surface area contributed by atoms with E-state index in [1.807, 2.05) is 24.3 Å². The van der Waals surface area contributed by atoms with Crippen LogP contribution in [-0.4, -0.2) is 12.5 Å². The van der Waals surface area contributed by atoms with Gasteiger partial charge in [-0.25, -0.2) is 5.84 Å². The summed E-state index contributed by atoms with van der Waals surface area (Å²) < 4.78 is 6.48. The first-order chi connectivity index (χ1) is 7.74. The minimum atomic E-state index is -0.163. The molecule has 4 nitrogen and oxygen atoms in total. The minimum Gasteiger partial charge on any atom is -0.377 e. The number of carbonyl (C=O) groups is 1. The summed E-state index contributed by atoms with van der Waals surface area (Å²) in [7, 11) is 0. The molecule has 0 saturated carbocycles. The van der Waals surface area contributed by atoms with Gasteiger partial charge in [-0.1, -0.05) is 34.1 Å². The summed E-state index contributed by atoms with van der Waals surface area (Å²) in [6.07, 6.45) is 1.07. The smallest absolute Gasteiger partial charge is 0.233 e. The van der Waals surface area contributed by atoms with Crippen LogP contribution in [0.2, 0.25) is 0 Å². The SMILES string of the molecule is NNC(=O)CCCOCc1ccccc1Br. The van der Waals surface area contributed by atoms with Gasteiger partial charge < -0.3 is 4.74 Å². The van der Waals surface area contributed by atoms with Gasteiger partial charge in [-0.2, -0.15) is 0 Å². The van der Waals surface area contributed by atoms with Crippen molar-refractivity contribution in [3.05, 3.63) is 34.3 Å². The number of nitrogens with one attached hydrogen (secondary N) is 1. The van der Waals surface area contributed by atoms with E-state index in [4.69, 9.17) is 10.6 Å². The third-order valence-corrected chi connectivity index (χ3v) is 2.84. The molecule has 1 rings (SSSR count). The van der Waals surface area contributed by atoms with E-state index >= 15 is 0 Å². The Balaban J connectivity index is 2.17. The number of amides is 1. The van der Waals surface area contributed by atoms with Crippen molar-refractivity contribution in [2.75, 3.05) is 6.61 Å². The molecule has 88 valence electrons. The van der Waals surface area contributed by atoms with Crippen LogP contribution >= 0.6 is 15.9 Å². The Bertz CT molecular complexity index is 345. The topological polar surface area (TPSA) is 64.3 Å². The summed E-state index contributed by atoms with van der Waals surface area (Å²) in [5, 5.41) is 0. The average molecular weight is 287 g/mol. The summed E-state index contributed by atoms with van der Waals surface area (Å²) in [6.45, 7) is 1.10. The normalized spacial score (nSPS) is 10.1. The number of ether oxygens (including phenoxy) is 1. The molecule has 0 unspecified atom stereocenters. The molecule has 0 aliphatic rings. The van der Waals surface area contributed by atoms with Crippen LogP contribution in [0, 0.1) is 0 Å². The minimum absolute atomic E-state index is 0.163. The number of halogens is 1. The summed E-state index contributed by atoms with van der Waals surface area (Å²) in [6, 6.07) is 7.89. The zero-order valence-corrected chi connectivity index (χ0v) is 10.5. The Hall–Kier alpha value is -0.910. The van der Waals surface area contributed by atoms with Gasteiger partial charge in [-0.3, -0.25) is 10.2 Å². The van der Waals surface area contributed by atoms with Crippen molar-refractivity contribution in [3.8, 4) is 0 Å². The molecule has 0 spiro atoms. The summed E-state index contributed by atoms with van der Waals surface area (Å²) in [5.41, 5.74) is 3.18. The highest BCUT2D eigenvalue weighted by Crippen LogP contribution is 2.16. The van der Waals surface area contributed by atoms with E-state index in [2.05, 4.69) is 21.4 Å². The lowest BCUT2D eigenvalue weighted by molar-refractivity contribution is -0.121. The van der Waals surface area contributed by atoms with Gasteiger partial charge >= 0.3 is 0 Å². The van der Waals surface area contributed by atoms with Crippen molar-refractivity contribution in [3.63, 3.8) is 0 Å². The van der Waals surface area contributed by atoms with Crippen LogP contribution in [0.4, 0.5) is 0 Å². The predicted molar refractivity (Wildman–Crippen MR) is 65.4 cm³/mol. The molecule has 16 heavy (non-hydrogen) atoms. The number of hydrogen-bond acceptors (Lipinski definition) is 3. The van der Waals surface area contributed by atoms with Crippen molar-refractivity contribution in [1.29, 1.82) is 0 Å². The Morgan fingerprint density at radius 2 is 2.19 bits per heavy atom. The van der Waals surface area contributed by atoms with Gasteiger partial charge in [0, 0.05) is 17.5 Å². The van der Waals surface area contributed by atoms with Crippen molar-refractivity contribution in [2.24, 2.45) is 5.84 Å². The average Bonchev–Trinajstić information content (AvgIpc) is 2.30. The summed E-state index contributed by atoms with van der Waals surface area (Å²) in [4.78, 5) is 10.8. The Labute approximate surface area is 103 Å². The zero-order valence-electron chi connectivity index (χ0n) is 8.91. The van der Waals surface area contributed by atoms with Crippen LogP contribution in [0.3, 0.4) is 0 Å². The van der Waals surface area contributed by atoms with E-state index in [1.165, 1.54) is 0 Å². The molecule has 1 aromatic rings. The van der Waals surface area contributed by atoms with Crippen LogP contribution in [0.25, 0.3) is 0 Å². The van der Waals surface area contributed by atoms with Crippen LogP contribution < -0.4 is 11.3 Å². The molecule has 0 atom stereocenters. The van der Waals surface area contributed by atoms with Crippen LogP contribution in [0.1, 0.15) is 18.4 Å². The number of rotatable bonds is 6. The summed E-state index contributed by atoms with van der Waals surface area (Å²) in [5.74, 6) is 4.79. The predicted octanol–water partition coefficient (Wildman–Crippen LogP) is 1.74. The molecule has 1 amide bonds. The van der Waals surface area contributed by atoms with Gasteiger partial charge in [-0.05, 0) is 18.1 Å². The fourth-order valence-corrected chi connectivity index (χ4v) is 1.60. The fourth-order valence-electron chi connectivity index (χ4n) is 1.20. The Morgan fingerprint density at radius 1 is 1.44 bits per heavy atom. The third kappa shape index (κ3) is 4.74. The molecule has 0 bridgehead atoms. The van der Waals surface area contributed by atoms with Crippen molar-refractivity contribution in [2.45, 2.75) is 19.4 Å². The molecular weight excluding hydrogens is 272 g/mol. The van der Waals surface area contributed by atoms with Gasteiger partial charge in [-0.15, -0.1) is 0 Å². The lowest BCUT2D eigenvalue weighted by Crippen LogP contribution is -2.29. The van der Waals surface area contributed by atoms with Crippen molar-refractivity contribution in [1.82, 2.24) is 5.43 Å². The molecule has 5 heteroatoms. The highest BCUT2D eigenvalue weighted by Gasteiger charge is 2.00. The molecule has 1 aromatic carbocycles. The van der Waals surface area contributed by atoms with E-state index in [0.717, 1.165) is 10.0 Å². The number of hydrogen-bond donors (Lipinski definition) is 2. The molecule has 0 saturated heterocycles. The summed E-state index contributed by atoms with van der Waals surface area (Å²) >= 11 is 3.44. The fraction of sp³-hybridized carbons (Fsp3) is 0.364. The maximum atomic E-state index is 10.8. The Morgan fingerprint density at radius 3 is 2.88 bits per heavy atom. The first-order valence-electron chi connectivity index (χ1n) is 5.04. The van der Waals surface area contributed by atoms with Crippen LogP contribution in [0.5, 0.6) is 0 Å². The van der Waals surface area contributed by atoms with Gasteiger partial charge in [0.25, 0.3) is 0 Å². The van der Waals surface area contributed by atoms with E-state index in [9.17, 15) is 4.79 Å². The van der Waals surface area contributed by atoms with Crippen molar-refractivity contribution >= 4 is 21.8 Å². The van der Waals surface area contributed by atoms with Crippen molar-refractivity contribution < 1.29 is 9.53 Å². The number of carbonyl (C=O) groups excluding carboxylic acids is 1. The third-order valence-electron chi connectivity index (χ3n) is 2.07. The second kappa shape index (κ2) is 7.38. The highest BCUT2D eigenvalue weighted by atomic mass is 79.9. The molecule has 3 N–H and O–H groups in total. The molecule has 0 aliphatic carbocycles. The lowest BCUT2D eigenvalue weighted by Gasteiger charge is -2.05. The monoisotopic (exact) mass is 286 g/mol. The first-order valence-corrected chi connectivity index (χ1v) is 5.84. The van der Waals surface area contributed by atoms with E-state index < -0.39 is 0 Å². The molecule has 0 fully saturated rings. The maximum absolute atomic E-state index is 10.8. The van der Waals surface area contributed by atoms with E-state index in [1.54, 1.807) is 0 Å². The van der Waals surface area contributed by atoms with E-state index in [0.29, 0.717) is 26.1 Å². The quantitative estimate of drug-likeness (QED) is 0.362. The number of hydrazine groups is 1. The van der Waals surface area contributed by atoms with E-state index in [-0.39, 0.29) is 5.91 Å². The highest BCUT2D eigenvalue weighted by molar-refractivity contribution is 9.10. The van der Waals surface area contributed by atoms with Crippen LogP contribution in [0.15, 0.2) is 28.7 Å². The number of benzene rings is 1. The molecule has 0 radical (unpaired) electrons. The molecular formula is C11H15BrN2O2.